The zero-order chi connectivity index (χ0) is 29.2. The lowest BCUT2D eigenvalue weighted by Gasteiger charge is -2.22. The van der Waals surface area contributed by atoms with E-state index in [0.717, 1.165) is 12.8 Å². The highest BCUT2D eigenvalue weighted by Gasteiger charge is 2.40. The molecule has 1 rings (SSSR count). The molecule has 39 heavy (non-hydrogen) atoms. The summed E-state index contributed by atoms with van der Waals surface area (Å²) in [6.07, 6.45) is 11.5. The zero-order valence-electron chi connectivity index (χ0n) is 23.8. The van der Waals surface area contributed by atoms with Crippen molar-refractivity contribution in [3.63, 3.8) is 0 Å². The number of allylic oxidation sites excluding steroid dienone is 2. The third-order valence-electron chi connectivity index (χ3n) is 7.15. The number of hydrogen-bond acceptors (Lipinski definition) is 10. The van der Waals surface area contributed by atoms with Crippen LogP contribution in [0.4, 0.5) is 0 Å². The lowest BCUT2D eigenvalue weighted by molar-refractivity contribution is -0.504. The van der Waals surface area contributed by atoms with Crippen LogP contribution in [0.25, 0.3) is 0 Å². The number of aliphatic hydroxyl groups is 2. The molecule has 2 unspecified atom stereocenters. The number of hydrogen-bond donors (Lipinski definition) is 5. The van der Waals surface area contributed by atoms with Gasteiger partial charge in [-0.2, -0.15) is 0 Å². The molecule has 0 radical (unpaired) electrons. The molecule has 0 aromatic heterocycles. The van der Waals surface area contributed by atoms with Gasteiger partial charge in [-0.3, -0.25) is 20.0 Å². The van der Waals surface area contributed by atoms with E-state index in [1.165, 1.54) is 33.1 Å². The van der Waals surface area contributed by atoms with Gasteiger partial charge in [-0.1, -0.05) is 44.8 Å². The monoisotopic (exact) mass is 558 g/mol. The van der Waals surface area contributed by atoms with Gasteiger partial charge in [0, 0.05) is 19.3 Å². The second-order valence-electron chi connectivity index (χ2n) is 10.6. The summed E-state index contributed by atoms with van der Waals surface area (Å²) in [5.41, 5.74) is 0. The molecular weight excluding hydrogens is 508 g/mol. The summed E-state index contributed by atoms with van der Waals surface area (Å²) in [5, 5.41) is 40.1. The van der Waals surface area contributed by atoms with Gasteiger partial charge in [0.2, 0.25) is 5.91 Å². The fourth-order valence-corrected chi connectivity index (χ4v) is 4.92. The minimum absolute atomic E-state index is 0.0882. The Balaban J connectivity index is 2.29. The largest absolute Gasteiger partial charge is 0.461 e. The molecule has 6 atom stereocenters. The highest BCUT2D eigenvalue weighted by Crippen LogP contribution is 2.38. The average Bonchev–Trinajstić information content (AvgIpc) is 3.14. The average molecular weight is 559 g/mol. The van der Waals surface area contributed by atoms with Crippen LogP contribution >= 0.6 is 0 Å². The van der Waals surface area contributed by atoms with Gasteiger partial charge in [-0.25, -0.2) is 9.63 Å². The molecule has 5 N–H and O–H groups in total. The highest BCUT2D eigenvalue weighted by atomic mass is 17.1. The molecule has 0 aromatic rings. The summed E-state index contributed by atoms with van der Waals surface area (Å²) in [6.45, 7) is 4.91. The molecule has 1 amide bonds. The number of carbonyl (C=O) groups excluding carboxylic acids is 3. The lowest BCUT2D eigenvalue weighted by atomic mass is 9.86. The van der Waals surface area contributed by atoms with Crippen molar-refractivity contribution in [1.29, 1.82) is 0 Å². The van der Waals surface area contributed by atoms with Gasteiger partial charge in [0.25, 0.3) is 0 Å². The smallest absolute Gasteiger partial charge is 0.328 e. The number of carbonyl (C=O) groups is 3. The molecule has 0 aliphatic heterocycles. The van der Waals surface area contributed by atoms with Crippen LogP contribution in [0.15, 0.2) is 12.2 Å². The highest BCUT2D eigenvalue weighted by molar-refractivity contribution is 5.84. The van der Waals surface area contributed by atoms with Gasteiger partial charge < -0.3 is 20.3 Å². The van der Waals surface area contributed by atoms with E-state index in [2.05, 4.69) is 17.1 Å². The Morgan fingerprint density at radius 1 is 0.949 bits per heavy atom. The van der Waals surface area contributed by atoms with Crippen LogP contribution < -0.4 is 5.32 Å². The predicted molar refractivity (Wildman–Crippen MR) is 143 cm³/mol. The Hall–Kier alpha value is -1.89. The van der Waals surface area contributed by atoms with Crippen LogP contribution in [-0.4, -0.2) is 74.6 Å². The van der Waals surface area contributed by atoms with Crippen molar-refractivity contribution in [1.82, 2.24) is 10.7 Å². The zero-order valence-corrected chi connectivity index (χ0v) is 23.8. The molecule has 1 aliphatic carbocycles. The minimum atomic E-state index is -0.861. The number of nitrogens with zero attached hydrogens (tertiary/aromatic N) is 1. The first-order chi connectivity index (χ1) is 18.5. The van der Waals surface area contributed by atoms with Crippen molar-refractivity contribution in [3.8, 4) is 0 Å². The van der Waals surface area contributed by atoms with Crippen LogP contribution in [0.3, 0.4) is 0 Å². The van der Waals surface area contributed by atoms with Crippen LogP contribution in [0.1, 0.15) is 104 Å². The van der Waals surface area contributed by atoms with Gasteiger partial charge in [-0.05, 0) is 64.2 Å². The van der Waals surface area contributed by atoms with Crippen molar-refractivity contribution in [2.75, 3.05) is 6.61 Å². The van der Waals surface area contributed by atoms with E-state index < -0.39 is 35.7 Å². The van der Waals surface area contributed by atoms with Crippen LogP contribution in [0.5, 0.6) is 0 Å². The van der Waals surface area contributed by atoms with Gasteiger partial charge >= 0.3 is 5.97 Å². The van der Waals surface area contributed by atoms with Gasteiger partial charge in [0.15, 0.2) is 0 Å². The summed E-state index contributed by atoms with van der Waals surface area (Å²) in [4.78, 5) is 40.8. The van der Waals surface area contributed by atoms with E-state index in [1.807, 2.05) is 12.2 Å². The number of ether oxygens (including phenoxy) is 1. The van der Waals surface area contributed by atoms with E-state index in [9.17, 15) is 24.6 Å². The number of rotatable bonds is 21. The molecule has 0 bridgehead atoms. The third-order valence-corrected chi connectivity index (χ3v) is 7.15. The van der Waals surface area contributed by atoms with Crippen molar-refractivity contribution >= 4 is 17.7 Å². The fourth-order valence-electron chi connectivity index (χ4n) is 4.92. The van der Waals surface area contributed by atoms with E-state index in [0.29, 0.717) is 44.9 Å². The maximum Gasteiger partial charge on any atom is 0.328 e. The maximum atomic E-state index is 12.3. The standard InChI is InChI=1S/C28H50N2O9/c1-4-5-6-7-10-13-22(31)16-17-24-23(25(32)18-26(24)33)14-11-8-9-12-15-27(34)29-21(3)28(35)38-19-20(2)39-30(36)37/h8,11,20-21,23-26,32-33,36-37H,4-7,9-10,12-19H2,1-3H3,(H,29,34)/b11-8-/t20?,21?,23-,24-,25+,26-/m1/s1. The van der Waals surface area contributed by atoms with Gasteiger partial charge in [0.1, 0.15) is 24.5 Å². The second-order valence-corrected chi connectivity index (χ2v) is 10.6. The lowest BCUT2D eigenvalue weighted by Crippen LogP contribution is -2.40. The number of amides is 1. The summed E-state index contributed by atoms with van der Waals surface area (Å²) in [5.74, 6) is -0.908. The number of unbranched alkanes of at least 4 members (excludes halogenated alkanes) is 5. The van der Waals surface area contributed by atoms with E-state index >= 15 is 0 Å². The Bertz CT molecular complexity index is 747. The number of aliphatic hydroxyl groups excluding tert-OH is 2. The molecule has 1 saturated carbocycles. The van der Waals surface area contributed by atoms with Crippen molar-refractivity contribution < 1.29 is 44.6 Å². The molecule has 1 fully saturated rings. The molecule has 0 aromatic carbocycles. The Labute approximate surface area is 232 Å². The summed E-state index contributed by atoms with van der Waals surface area (Å²) >= 11 is 0. The van der Waals surface area contributed by atoms with Crippen LogP contribution in [-0.2, 0) is 24.0 Å². The van der Waals surface area contributed by atoms with Crippen molar-refractivity contribution in [2.24, 2.45) is 11.8 Å². The Morgan fingerprint density at radius 3 is 2.33 bits per heavy atom. The second kappa shape index (κ2) is 20.1. The SMILES string of the molecule is CCCCCCCC(=O)CC[C@@H]1[C@@H](C/C=C\CCCC(=O)NC(C)C(=O)OCC(C)ON(O)O)[C@@H](O)C[C@H]1O. The van der Waals surface area contributed by atoms with E-state index in [-0.39, 0.29) is 36.6 Å². The van der Waals surface area contributed by atoms with E-state index in [1.54, 1.807) is 0 Å². The molecule has 0 spiro atoms. The number of ketones is 1. The summed E-state index contributed by atoms with van der Waals surface area (Å²) < 4.78 is 4.96. The van der Waals surface area contributed by atoms with E-state index in [4.69, 9.17) is 15.2 Å². The fraction of sp³-hybridized carbons (Fsp3) is 0.821. The Morgan fingerprint density at radius 2 is 1.64 bits per heavy atom. The van der Waals surface area contributed by atoms with Crippen molar-refractivity contribution in [2.45, 2.75) is 129 Å². The van der Waals surface area contributed by atoms with Gasteiger partial charge in [-0.15, -0.1) is 0 Å². The minimum Gasteiger partial charge on any atom is -0.461 e. The molecule has 0 heterocycles. The quantitative estimate of drug-likeness (QED) is 0.0608. The topological polar surface area (TPSA) is 166 Å². The van der Waals surface area contributed by atoms with Crippen LogP contribution in [0.2, 0.25) is 0 Å². The number of esters is 1. The first kappa shape index (κ1) is 35.1. The molecule has 226 valence electrons. The molecule has 11 nitrogen and oxygen atoms in total. The molecular formula is C28H50N2O9. The third kappa shape index (κ3) is 15.5. The van der Waals surface area contributed by atoms with Crippen LogP contribution in [0, 0.1) is 11.8 Å². The first-order valence-corrected chi connectivity index (χ1v) is 14.4. The molecule has 11 heteroatoms. The first-order valence-electron chi connectivity index (χ1n) is 14.4. The molecule has 1 aliphatic rings. The van der Waals surface area contributed by atoms with Crippen molar-refractivity contribution in [3.05, 3.63) is 12.2 Å². The number of nitrogens with one attached hydrogen (secondary N) is 1. The summed E-state index contributed by atoms with van der Waals surface area (Å²) in [6, 6.07) is -0.861. The predicted octanol–water partition coefficient (Wildman–Crippen LogP) is 3.62. The maximum absolute atomic E-state index is 12.3. The number of Topliss-reactive ketones (excluding diaryl/α,β-unsaturated/α-hetero) is 1. The summed E-state index contributed by atoms with van der Waals surface area (Å²) in [7, 11) is 0. The molecule has 0 saturated heterocycles. The van der Waals surface area contributed by atoms with Gasteiger partial charge in [0.05, 0.1) is 17.6 Å². The Kier molecular flexibility index (Phi) is 18.1. The normalized spacial score (nSPS) is 22.8.